The smallest absolute Gasteiger partial charge is 0.617 e. The molecular formula is C15H23NO4Zn. The summed E-state index contributed by atoms with van der Waals surface area (Å²) in [5.74, 6) is 0.141. The Kier molecular flexibility index (Phi) is 25.3. The van der Waals surface area contributed by atoms with E-state index in [0.29, 0.717) is 0 Å². The molecule has 1 N–H and O–H groups in total. The number of allylic oxidation sites excluding steroid dienone is 2. The van der Waals surface area contributed by atoms with E-state index in [2.05, 4.69) is 41.3 Å². The molecule has 2 atom stereocenters. The van der Waals surface area contributed by atoms with Gasteiger partial charge < -0.3 is 14.4 Å². The normalized spacial score (nSPS) is 12.1. The van der Waals surface area contributed by atoms with E-state index in [0.717, 1.165) is 38.4 Å². The van der Waals surface area contributed by atoms with Crippen molar-refractivity contribution >= 4 is 6.47 Å². The van der Waals surface area contributed by atoms with Crippen molar-refractivity contribution in [2.75, 3.05) is 0 Å². The Hall–Kier alpha value is -1.02. The van der Waals surface area contributed by atoms with E-state index in [9.17, 15) is 0 Å². The van der Waals surface area contributed by atoms with Crippen molar-refractivity contribution in [3.63, 3.8) is 0 Å². The van der Waals surface area contributed by atoms with E-state index in [1.54, 1.807) is 0 Å². The number of ether oxygens (including phenoxy) is 1. The molecule has 0 aliphatic heterocycles. The van der Waals surface area contributed by atoms with Gasteiger partial charge in [-0.25, -0.2) is 0 Å². The van der Waals surface area contributed by atoms with Gasteiger partial charge in [-0.1, -0.05) is 38.7 Å². The van der Waals surface area contributed by atoms with Crippen LogP contribution in [0.1, 0.15) is 39.5 Å². The molecule has 21 heavy (non-hydrogen) atoms. The number of nitrogens with zero attached hydrogens (tertiary/aromatic N) is 1. The van der Waals surface area contributed by atoms with Crippen LogP contribution in [-0.4, -0.2) is 11.7 Å². The van der Waals surface area contributed by atoms with E-state index in [-0.39, 0.29) is 31.3 Å². The second-order valence-electron chi connectivity index (χ2n) is 4.11. The zero-order valence-corrected chi connectivity index (χ0v) is 15.8. The molecule has 0 saturated heterocycles. The predicted molar refractivity (Wildman–Crippen MR) is 76.5 cm³/mol. The predicted octanol–water partition coefficient (Wildman–Crippen LogP) is 3.76. The Morgan fingerprint density at radius 1 is 1.52 bits per heavy atom. The summed E-state index contributed by atoms with van der Waals surface area (Å²) < 4.78 is 3.79. The van der Waals surface area contributed by atoms with E-state index in [4.69, 9.17) is 15.3 Å². The maximum absolute atomic E-state index is 8.99. The van der Waals surface area contributed by atoms with Crippen LogP contribution in [-0.2, 0) is 33.9 Å². The van der Waals surface area contributed by atoms with Crippen LogP contribution in [0.5, 0.6) is 0 Å². The Labute approximate surface area is 140 Å². The molecule has 2 unspecified atom stereocenters. The van der Waals surface area contributed by atoms with Crippen LogP contribution in [0, 0.1) is 29.8 Å². The van der Waals surface area contributed by atoms with Crippen LogP contribution in [0.2, 0.25) is 0 Å². The van der Waals surface area contributed by atoms with Crippen molar-refractivity contribution in [1.29, 1.82) is 5.26 Å². The monoisotopic (exact) mass is 345 g/mol. The van der Waals surface area contributed by atoms with Gasteiger partial charge in [0, 0.05) is 5.92 Å². The van der Waals surface area contributed by atoms with Gasteiger partial charge in [-0.15, -0.1) is 12.5 Å². The zero-order chi connectivity index (χ0) is 15.6. The fraction of sp³-hybridized carbons (Fsp3) is 0.533. The maximum atomic E-state index is 8.99. The molecule has 0 aliphatic carbocycles. The van der Waals surface area contributed by atoms with Crippen molar-refractivity contribution in [2.45, 2.75) is 39.5 Å². The second-order valence-corrected chi connectivity index (χ2v) is 4.11. The van der Waals surface area contributed by atoms with Gasteiger partial charge in [0.25, 0.3) is 0 Å². The summed E-state index contributed by atoms with van der Waals surface area (Å²) in [7, 11) is 0. The van der Waals surface area contributed by atoms with Crippen LogP contribution in [0.3, 0.4) is 0 Å². The van der Waals surface area contributed by atoms with Gasteiger partial charge in [-0.05, 0) is 19.3 Å². The number of hydrogen-bond donors (Lipinski definition) is 1. The van der Waals surface area contributed by atoms with Gasteiger partial charge >= 0.3 is 19.5 Å². The van der Waals surface area contributed by atoms with Gasteiger partial charge in [-0.3, -0.25) is 5.26 Å². The first-order chi connectivity index (χ1) is 9.65. The summed E-state index contributed by atoms with van der Waals surface area (Å²) in [6, 6.07) is 2.28. The molecule has 5 nitrogen and oxygen atoms in total. The van der Waals surface area contributed by atoms with Gasteiger partial charge in [0.1, 0.15) is 0 Å². The van der Waals surface area contributed by atoms with E-state index >= 15 is 0 Å². The average molecular weight is 347 g/mol. The molecule has 0 saturated carbocycles. The van der Waals surface area contributed by atoms with Gasteiger partial charge in [0.2, 0.25) is 0 Å². The summed E-state index contributed by atoms with van der Waals surface area (Å²) in [6.45, 7) is 9.58. The second kappa shape index (κ2) is 21.3. The van der Waals surface area contributed by atoms with Crippen molar-refractivity contribution in [3.05, 3.63) is 31.6 Å². The fourth-order valence-electron chi connectivity index (χ4n) is 1.46. The minimum Gasteiger partial charge on any atom is -0.617 e. The number of nitriles is 1. The van der Waals surface area contributed by atoms with E-state index < -0.39 is 0 Å². The number of carbonyl (C=O) groups excluding carboxylic acids is 1. The topological polar surface area (TPSA) is 79.6 Å². The molecule has 0 spiro atoms. The number of rotatable bonds is 10. The molecule has 0 bridgehead atoms. The molecule has 0 aromatic heterocycles. The molecule has 0 aromatic carbocycles. The molecule has 0 rings (SSSR count). The first kappa shape index (κ1) is 25.0. The SMILES string of the molecule is C=CO[C-]=O.CCC=CCCC(C#N)CC(C)[CH-]OO.[Zn+2]. The Morgan fingerprint density at radius 3 is 2.57 bits per heavy atom. The molecule has 0 fully saturated rings. The van der Waals surface area contributed by atoms with E-state index in [1.807, 2.05) is 6.92 Å². The third-order valence-electron chi connectivity index (χ3n) is 2.35. The molecule has 0 heterocycles. The van der Waals surface area contributed by atoms with Crippen LogP contribution in [0.15, 0.2) is 25.0 Å². The van der Waals surface area contributed by atoms with Crippen LogP contribution in [0.4, 0.5) is 0 Å². The molecular weight excluding hydrogens is 324 g/mol. The summed E-state index contributed by atoms with van der Waals surface area (Å²) in [5, 5.41) is 17.1. The minimum atomic E-state index is 0. The Morgan fingerprint density at radius 2 is 2.19 bits per heavy atom. The molecule has 0 amide bonds. The summed E-state index contributed by atoms with van der Waals surface area (Å²) in [4.78, 5) is 12.9. The van der Waals surface area contributed by atoms with Crippen molar-refractivity contribution in [3.8, 4) is 6.07 Å². The quantitative estimate of drug-likeness (QED) is 0.163. The van der Waals surface area contributed by atoms with Crippen molar-refractivity contribution < 1.29 is 39.2 Å². The summed E-state index contributed by atoms with van der Waals surface area (Å²) >= 11 is 0. The van der Waals surface area contributed by atoms with E-state index in [1.165, 1.54) is 6.61 Å². The van der Waals surface area contributed by atoms with Crippen molar-refractivity contribution in [2.24, 2.45) is 11.8 Å². The molecule has 114 valence electrons. The fourth-order valence-corrected chi connectivity index (χ4v) is 1.46. The van der Waals surface area contributed by atoms with Gasteiger partial charge in [0.05, 0.1) is 6.07 Å². The van der Waals surface area contributed by atoms with Gasteiger partial charge in [-0.2, -0.15) is 11.9 Å². The first-order valence-corrected chi connectivity index (χ1v) is 6.48. The maximum Gasteiger partial charge on any atom is 2.00 e. The third kappa shape index (κ3) is 21.4. The Bertz CT molecular complexity index is 297. The third-order valence-corrected chi connectivity index (χ3v) is 2.35. The molecule has 0 aromatic rings. The summed E-state index contributed by atoms with van der Waals surface area (Å²) in [5.41, 5.74) is 0. The molecule has 0 radical (unpaired) electrons. The molecule has 0 aliphatic rings. The first-order valence-electron chi connectivity index (χ1n) is 6.48. The van der Waals surface area contributed by atoms with Gasteiger partial charge in [0.15, 0.2) is 6.47 Å². The largest absolute Gasteiger partial charge is 2.00 e. The zero-order valence-electron chi connectivity index (χ0n) is 12.8. The van der Waals surface area contributed by atoms with Crippen LogP contribution in [0.25, 0.3) is 0 Å². The minimum absolute atomic E-state index is 0. The van der Waals surface area contributed by atoms with Crippen molar-refractivity contribution in [1.82, 2.24) is 0 Å². The summed E-state index contributed by atoms with van der Waals surface area (Å²) in [6.07, 6.45) is 8.82. The number of hydrogen-bond acceptors (Lipinski definition) is 5. The Balaban J connectivity index is -0.000000465. The average Bonchev–Trinajstić information content (AvgIpc) is 2.44. The molecule has 6 heteroatoms. The standard InChI is InChI=1S/C12H20NO2.C3H3O2.Zn/c1-3-4-5-6-7-12(9-13)8-11(2)10-15-14;1-2-5-3-4;/h4-5,10-12,14H,3,6-8H2,1-2H3;2H,1H2;/q2*-1;+2. The van der Waals surface area contributed by atoms with Crippen LogP contribution < -0.4 is 0 Å². The van der Waals surface area contributed by atoms with Crippen LogP contribution >= 0.6 is 0 Å².